The number of hydrogen-bond donors (Lipinski definition) is 0. The third-order valence-electron chi connectivity index (χ3n) is 1.77. The molecule has 0 aliphatic heterocycles. The maximum Gasteiger partial charge on any atom is 0.573 e. The Hall–Kier alpha value is -1.45. The predicted molar refractivity (Wildman–Crippen MR) is 49.8 cm³/mol. The highest BCUT2D eigenvalue weighted by molar-refractivity contribution is 6.33. The molecule has 0 amide bonds. The molecule has 2 nitrogen and oxygen atoms in total. The van der Waals surface area contributed by atoms with Gasteiger partial charge in [-0.2, -0.15) is 22.0 Å². The molecule has 0 N–H and O–H groups in total. The predicted octanol–water partition coefficient (Wildman–Crippen LogP) is 4.86. The molecule has 0 atom stereocenters. The van der Waals surface area contributed by atoms with Gasteiger partial charge in [0.15, 0.2) is 5.75 Å². The van der Waals surface area contributed by atoms with Crippen molar-refractivity contribution in [3.8, 4) is 11.5 Å². The lowest BCUT2D eigenvalue weighted by atomic mass is 10.2. The van der Waals surface area contributed by atoms with E-state index in [4.69, 9.17) is 11.6 Å². The van der Waals surface area contributed by atoms with Gasteiger partial charge in [-0.05, 0) is 6.07 Å². The van der Waals surface area contributed by atoms with Crippen LogP contribution in [-0.4, -0.2) is 13.0 Å². The van der Waals surface area contributed by atoms with E-state index < -0.39 is 41.2 Å². The molecule has 0 aromatic heterocycles. The van der Waals surface area contributed by atoms with Crippen LogP contribution in [0.3, 0.4) is 0 Å². The number of ether oxygens (including phenoxy) is 2. The Labute approximate surface area is 110 Å². The first kappa shape index (κ1) is 16.6. The van der Waals surface area contributed by atoms with E-state index in [9.17, 15) is 35.1 Å². The molecule has 0 spiro atoms. The van der Waals surface area contributed by atoms with Crippen molar-refractivity contribution in [2.75, 3.05) is 0 Å². The Balaban J connectivity index is 3.35. The molecule has 0 fully saturated rings. The topological polar surface area (TPSA) is 18.5 Å². The zero-order chi connectivity index (χ0) is 15.7. The van der Waals surface area contributed by atoms with Crippen molar-refractivity contribution >= 4 is 11.6 Å². The first-order valence-corrected chi connectivity index (χ1v) is 4.89. The Kier molecular flexibility index (Phi) is 4.57. The molecule has 0 radical (unpaired) electrons. The van der Waals surface area contributed by atoms with E-state index in [1.807, 2.05) is 0 Å². The van der Waals surface area contributed by atoms with Crippen LogP contribution in [0.15, 0.2) is 12.1 Å². The number of rotatable bonds is 3. The highest BCUT2D eigenvalue weighted by Gasteiger charge is 2.38. The zero-order valence-electron chi connectivity index (χ0n) is 8.95. The zero-order valence-corrected chi connectivity index (χ0v) is 9.71. The van der Waals surface area contributed by atoms with Crippen LogP contribution in [0.2, 0.25) is 5.02 Å². The van der Waals surface area contributed by atoms with Crippen LogP contribution in [0.5, 0.6) is 11.5 Å². The summed E-state index contributed by atoms with van der Waals surface area (Å²) in [4.78, 5) is 0. The largest absolute Gasteiger partial charge is 0.573 e. The molecule has 114 valence electrons. The Morgan fingerprint density at radius 1 is 1.00 bits per heavy atom. The van der Waals surface area contributed by atoms with Crippen molar-refractivity contribution in [3.05, 3.63) is 22.7 Å². The maximum absolute atomic E-state index is 12.5. The Morgan fingerprint density at radius 3 is 1.95 bits per heavy atom. The summed E-state index contributed by atoms with van der Waals surface area (Å²) in [5.41, 5.74) is -1.79. The van der Waals surface area contributed by atoms with Crippen LogP contribution in [-0.2, 0) is 6.18 Å². The number of alkyl halides is 8. The minimum atomic E-state index is -5.35. The second-order valence-electron chi connectivity index (χ2n) is 3.21. The van der Waals surface area contributed by atoms with Gasteiger partial charge in [-0.25, -0.2) is 0 Å². The minimum absolute atomic E-state index is 0.0394. The minimum Gasteiger partial charge on any atom is -0.435 e. The molecule has 0 saturated carbocycles. The van der Waals surface area contributed by atoms with E-state index in [1.165, 1.54) is 0 Å². The molecule has 0 aliphatic rings. The molecular formula is C9H3ClF8O2. The molecule has 0 aliphatic carbocycles. The summed E-state index contributed by atoms with van der Waals surface area (Å²) < 4.78 is 104. The van der Waals surface area contributed by atoms with Crippen molar-refractivity contribution in [1.29, 1.82) is 0 Å². The van der Waals surface area contributed by atoms with Gasteiger partial charge in [-0.1, -0.05) is 11.6 Å². The van der Waals surface area contributed by atoms with Crippen molar-refractivity contribution in [1.82, 2.24) is 0 Å². The molecule has 1 aromatic carbocycles. The van der Waals surface area contributed by atoms with Crippen molar-refractivity contribution in [3.63, 3.8) is 0 Å². The van der Waals surface area contributed by atoms with E-state index >= 15 is 0 Å². The van der Waals surface area contributed by atoms with E-state index in [-0.39, 0.29) is 12.1 Å². The lowest BCUT2D eigenvalue weighted by Crippen LogP contribution is -2.18. The summed E-state index contributed by atoms with van der Waals surface area (Å²) in [6.45, 7) is -3.53. The van der Waals surface area contributed by atoms with Gasteiger partial charge < -0.3 is 9.47 Å². The summed E-state index contributed by atoms with van der Waals surface area (Å²) >= 11 is 5.12. The van der Waals surface area contributed by atoms with Crippen LogP contribution in [0, 0.1) is 0 Å². The third kappa shape index (κ3) is 4.58. The fourth-order valence-corrected chi connectivity index (χ4v) is 1.40. The second kappa shape index (κ2) is 5.51. The van der Waals surface area contributed by atoms with Gasteiger partial charge in [-0.3, -0.25) is 0 Å². The summed E-state index contributed by atoms with van der Waals surface area (Å²) in [5, 5.41) is -1.42. The molecule has 0 bridgehead atoms. The Morgan fingerprint density at radius 2 is 1.55 bits per heavy atom. The lowest BCUT2D eigenvalue weighted by molar-refractivity contribution is -0.274. The van der Waals surface area contributed by atoms with Crippen LogP contribution in [0.25, 0.3) is 0 Å². The average molecular weight is 331 g/mol. The maximum atomic E-state index is 12.5. The van der Waals surface area contributed by atoms with Crippen LogP contribution in [0.4, 0.5) is 35.1 Å². The molecule has 0 saturated heterocycles. The fraction of sp³-hybridized carbons (Fsp3) is 0.333. The molecule has 0 unspecified atom stereocenters. The smallest absolute Gasteiger partial charge is 0.435 e. The van der Waals surface area contributed by atoms with Gasteiger partial charge in [-0.15, -0.1) is 13.2 Å². The molecule has 1 aromatic rings. The lowest BCUT2D eigenvalue weighted by Gasteiger charge is -2.16. The van der Waals surface area contributed by atoms with E-state index in [0.717, 1.165) is 0 Å². The highest BCUT2D eigenvalue weighted by Crippen LogP contribution is 2.43. The van der Waals surface area contributed by atoms with Gasteiger partial charge in [0.25, 0.3) is 0 Å². The van der Waals surface area contributed by atoms with Crippen LogP contribution < -0.4 is 9.47 Å². The second-order valence-corrected chi connectivity index (χ2v) is 3.58. The standard InChI is InChI=1S/C9H3ClF8O2/c10-6-4(8(13,14)15)1-3(19-7(11)12)2-5(6)20-9(16,17)18/h1-2,7H. The molecule has 1 rings (SSSR count). The first-order valence-electron chi connectivity index (χ1n) is 4.51. The quantitative estimate of drug-likeness (QED) is 0.737. The summed E-state index contributed by atoms with van der Waals surface area (Å²) in [6, 6.07) is 0.217. The summed E-state index contributed by atoms with van der Waals surface area (Å²) in [5.74, 6) is -2.67. The van der Waals surface area contributed by atoms with E-state index in [0.29, 0.717) is 0 Å². The van der Waals surface area contributed by atoms with Crippen LogP contribution in [0.1, 0.15) is 5.56 Å². The molecule has 20 heavy (non-hydrogen) atoms. The molecule has 11 heteroatoms. The fourth-order valence-electron chi connectivity index (χ4n) is 1.15. The summed E-state index contributed by atoms with van der Waals surface area (Å²) in [6.07, 6.45) is -10.5. The average Bonchev–Trinajstić information content (AvgIpc) is 2.17. The normalized spacial score (nSPS) is 12.7. The highest BCUT2D eigenvalue weighted by atomic mass is 35.5. The van der Waals surface area contributed by atoms with Gasteiger partial charge in [0.1, 0.15) is 5.75 Å². The third-order valence-corrected chi connectivity index (χ3v) is 2.16. The van der Waals surface area contributed by atoms with Crippen molar-refractivity contribution in [2.24, 2.45) is 0 Å². The summed E-state index contributed by atoms with van der Waals surface area (Å²) in [7, 11) is 0. The number of halogens is 9. The van der Waals surface area contributed by atoms with Gasteiger partial charge in [0.05, 0.1) is 10.6 Å². The van der Waals surface area contributed by atoms with E-state index in [1.54, 1.807) is 0 Å². The van der Waals surface area contributed by atoms with Gasteiger partial charge in [0.2, 0.25) is 0 Å². The number of hydrogen-bond acceptors (Lipinski definition) is 2. The monoisotopic (exact) mass is 330 g/mol. The number of benzene rings is 1. The van der Waals surface area contributed by atoms with E-state index in [2.05, 4.69) is 9.47 Å². The van der Waals surface area contributed by atoms with Gasteiger partial charge >= 0.3 is 19.2 Å². The molecular weight excluding hydrogens is 328 g/mol. The van der Waals surface area contributed by atoms with Crippen molar-refractivity contribution < 1.29 is 44.6 Å². The SMILES string of the molecule is FC(F)Oc1cc(OC(F)(F)F)c(Cl)c(C(F)(F)F)c1. The Bertz CT molecular complexity index is 482. The van der Waals surface area contributed by atoms with Crippen LogP contribution >= 0.6 is 11.6 Å². The van der Waals surface area contributed by atoms with Crippen molar-refractivity contribution in [2.45, 2.75) is 19.2 Å². The first-order chi connectivity index (χ1) is 8.90. The molecule has 0 heterocycles. The van der Waals surface area contributed by atoms with Gasteiger partial charge in [0, 0.05) is 6.07 Å².